The Balaban J connectivity index is 2.48. The van der Waals surface area contributed by atoms with Gasteiger partial charge in [0.2, 0.25) is 0 Å². The fourth-order valence-corrected chi connectivity index (χ4v) is 3.00. The summed E-state index contributed by atoms with van der Waals surface area (Å²) in [5, 5.41) is 2.97. The number of para-hydroxylation sites is 1. The summed E-state index contributed by atoms with van der Waals surface area (Å²) in [5.74, 6) is 0.885. The molecule has 0 aliphatic carbocycles. The molecule has 1 N–H and O–H groups in total. The number of benzene rings is 1. The number of hydrogen-bond acceptors (Lipinski definition) is 3. The number of amides is 1. The molecule has 4 heteroatoms. The maximum atomic E-state index is 12.9. The molecule has 4 nitrogen and oxygen atoms in total. The van der Waals surface area contributed by atoms with Crippen molar-refractivity contribution in [2.45, 2.75) is 53.9 Å². The number of hydrogen-bond donors (Lipinski definition) is 1. The second-order valence-electron chi connectivity index (χ2n) is 6.73. The topological polar surface area (TPSA) is 59.3 Å². The monoisotopic (exact) mass is 341 g/mol. The highest BCUT2D eigenvalue weighted by atomic mass is 16.3. The molecule has 0 bridgehead atoms. The van der Waals surface area contributed by atoms with E-state index in [9.17, 15) is 9.59 Å². The fraction of sp³-hybridized carbons (Fsp3) is 0.429. The van der Waals surface area contributed by atoms with Crippen molar-refractivity contribution in [3.05, 3.63) is 62.7 Å². The van der Waals surface area contributed by atoms with E-state index in [2.05, 4.69) is 19.2 Å². The molecule has 1 aromatic heterocycles. The maximum absolute atomic E-state index is 12.9. The van der Waals surface area contributed by atoms with Crippen LogP contribution in [0.1, 0.15) is 60.7 Å². The number of carbonyl (C=O) groups is 1. The van der Waals surface area contributed by atoms with E-state index in [4.69, 9.17) is 4.42 Å². The molecule has 134 valence electrons. The Bertz CT molecular complexity index is 796. The van der Waals surface area contributed by atoms with Gasteiger partial charge in [0.05, 0.1) is 0 Å². The molecular weight excluding hydrogens is 314 g/mol. The minimum Gasteiger partial charge on any atom is -0.465 e. The van der Waals surface area contributed by atoms with Gasteiger partial charge in [-0.1, -0.05) is 45.9 Å². The van der Waals surface area contributed by atoms with Gasteiger partial charge >= 0.3 is 0 Å². The van der Waals surface area contributed by atoms with Gasteiger partial charge in [0.15, 0.2) is 5.43 Å². The molecule has 1 amide bonds. The molecule has 1 heterocycles. The minimum absolute atomic E-state index is 0.118. The quantitative estimate of drug-likeness (QED) is 0.840. The van der Waals surface area contributed by atoms with Gasteiger partial charge in [-0.3, -0.25) is 9.59 Å². The first kappa shape index (κ1) is 19.0. The molecule has 2 aromatic rings. The van der Waals surface area contributed by atoms with Crippen LogP contribution in [0.5, 0.6) is 0 Å². The number of nitrogens with one attached hydrogen (secondary N) is 1. The van der Waals surface area contributed by atoms with Crippen LogP contribution in [0.25, 0.3) is 0 Å². The fourth-order valence-electron chi connectivity index (χ4n) is 3.00. The van der Waals surface area contributed by atoms with Crippen LogP contribution in [-0.2, 0) is 19.3 Å². The Labute approximate surface area is 149 Å². The standard InChI is InChI=1S/C21H27NO3/c1-6-15-9-8-10-16(7-2)20(15)22-21(24)19-17(23)12-14(5)25-18(19)11-13(3)4/h8-10,12-13H,6-7,11H2,1-5H3,(H,22,24). The summed E-state index contributed by atoms with van der Waals surface area (Å²) in [6, 6.07) is 7.38. The molecule has 0 fully saturated rings. The van der Waals surface area contributed by atoms with E-state index < -0.39 is 0 Å². The molecule has 0 aliphatic rings. The van der Waals surface area contributed by atoms with Crippen LogP contribution in [-0.4, -0.2) is 5.91 Å². The van der Waals surface area contributed by atoms with Crippen LogP contribution in [0.2, 0.25) is 0 Å². The molecule has 0 unspecified atom stereocenters. The second kappa shape index (κ2) is 8.15. The van der Waals surface area contributed by atoms with Crippen molar-refractivity contribution in [3.8, 4) is 0 Å². The first-order valence-electron chi connectivity index (χ1n) is 8.93. The smallest absolute Gasteiger partial charge is 0.263 e. The molecule has 0 spiro atoms. The molecule has 1 aromatic carbocycles. The molecule has 0 saturated carbocycles. The summed E-state index contributed by atoms with van der Waals surface area (Å²) in [6.45, 7) is 9.90. The highest BCUT2D eigenvalue weighted by molar-refractivity contribution is 6.05. The highest BCUT2D eigenvalue weighted by Gasteiger charge is 2.21. The van der Waals surface area contributed by atoms with E-state index in [1.54, 1.807) is 6.92 Å². The Morgan fingerprint density at radius 2 is 1.76 bits per heavy atom. The molecular formula is C21H27NO3. The van der Waals surface area contributed by atoms with Gasteiger partial charge in [-0.2, -0.15) is 0 Å². The molecule has 0 aliphatic heterocycles. The lowest BCUT2D eigenvalue weighted by Crippen LogP contribution is -2.25. The van der Waals surface area contributed by atoms with Crippen molar-refractivity contribution in [3.63, 3.8) is 0 Å². The van der Waals surface area contributed by atoms with Crippen LogP contribution in [0.3, 0.4) is 0 Å². The SMILES string of the molecule is CCc1cccc(CC)c1NC(=O)c1c(CC(C)C)oc(C)cc1=O. The highest BCUT2D eigenvalue weighted by Crippen LogP contribution is 2.24. The first-order valence-corrected chi connectivity index (χ1v) is 8.93. The zero-order chi connectivity index (χ0) is 18.6. The van der Waals surface area contributed by atoms with Crippen LogP contribution in [0, 0.1) is 12.8 Å². The molecule has 2 rings (SSSR count). The Hall–Kier alpha value is -2.36. The van der Waals surface area contributed by atoms with Crippen molar-refractivity contribution >= 4 is 11.6 Å². The Morgan fingerprint density at radius 1 is 1.16 bits per heavy atom. The van der Waals surface area contributed by atoms with Crippen molar-refractivity contribution < 1.29 is 9.21 Å². The van der Waals surface area contributed by atoms with Crippen molar-refractivity contribution in [2.75, 3.05) is 5.32 Å². The van der Waals surface area contributed by atoms with Gasteiger partial charge in [-0.05, 0) is 36.8 Å². The lowest BCUT2D eigenvalue weighted by atomic mass is 10.0. The van der Waals surface area contributed by atoms with E-state index in [0.29, 0.717) is 17.9 Å². The number of carbonyl (C=O) groups excluding carboxylic acids is 1. The number of aryl methyl sites for hydroxylation is 3. The zero-order valence-corrected chi connectivity index (χ0v) is 15.7. The number of anilines is 1. The third kappa shape index (κ3) is 4.38. The van der Waals surface area contributed by atoms with E-state index >= 15 is 0 Å². The van der Waals surface area contributed by atoms with Crippen LogP contribution in [0.15, 0.2) is 33.5 Å². The second-order valence-corrected chi connectivity index (χ2v) is 6.73. The largest absolute Gasteiger partial charge is 0.465 e. The number of rotatable bonds is 6. The predicted octanol–water partition coefficient (Wildman–Crippen LogP) is 4.52. The van der Waals surface area contributed by atoms with Crippen LogP contribution < -0.4 is 10.7 Å². The zero-order valence-electron chi connectivity index (χ0n) is 15.7. The van der Waals surface area contributed by atoms with E-state index in [-0.39, 0.29) is 22.8 Å². The third-order valence-corrected chi connectivity index (χ3v) is 4.20. The summed E-state index contributed by atoms with van der Waals surface area (Å²) < 4.78 is 5.71. The lowest BCUT2D eigenvalue weighted by Gasteiger charge is -2.16. The van der Waals surface area contributed by atoms with E-state index in [1.807, 2.05) is 32.0 Å². The van der Waals surface area contributed by atoms with E-state index in [0.717, 1.165) is 29.7 Å². The summed E-state index contributed by atoms with van der Waals surface area (Å²) in [4.78, 5) is 25.4. The van der Waals surface area contributed by atoms with Crippen LogP contribution in [0.4, 0.5) is 5.69 Å². The van der Waals surface area contributed by atoms with Crippen molar-refractivity contribution in [1.82, 2.24) is 0 Å². The average molecular weight is 341 g/mol. The summed E-state index contributed by atoms with van der Waals surface area (Å²) in [7, 11) is 0. The van der Waals surface area contributed by atoms with Gasteiger partial charge in [0, 0.05) is 18.2 Å². The van der Waals surface area contributed by atoms with Gasteiger partial charge in [-0.15, -0.1) is 0 Å². The van der Waals surface area contributed by atoms with Gasteiger partial charge in [0.1, 0.15) is 17.1 Å². The third-order valence-electron chi connectivity index (χ3n) is 4.20. The Morgan fingerprint density at radius 3 is 2.28 bits per heavy atom. The van der Waals surface area contributed by atoms with Gasteiger partial charge < -0.3 is 9.73 Å². The average Bonchev–Trinajstić information content (AvgIpc) is 2.53. The maximum Gasteiger partial charge on any atom is 0.263 e. The van der Waals surface area contributed by atoms with Crippen molar-refractivity contribution in [2.24, 2.45) is 5.92 Å². The normalized spacial score (nSPS) is 11.0. The van der Waals surface area contributed by atoms with Crippen LogP contribution >= 0.6 is 0 Å². The summed E-state index contributed by atoms with van der Waals surface area (Å²) in [6.07, 6.45) is 2.17. The van der Waals surface area contributed by atoms with E-state index in [1.165, 1.54) is 6.07 Å². The predicted molar refractivity (Wildman–Crippen MR) is 101 cm³/mol. The molecule has 0 saturated heterocycles. The first-order chi connectivity index (χ1) is 11.9. The molecule has 0 atom stereocenters. The minimum atomic E-state index is -0.389. The van der Waals surface area contributed by atoms with Crippen molar-refractivity contribution in [1.29, 1.82) is 0 Å². The molecule has 25 heavy (non-hydrogen) atoms. The summed E-state index contributed by atoms with van der Waals surface area (Å²) >= 11 is 0. The lowest BCUT2D eigenvalue weighted by molar-refractivity contribution is 0.102. The van der Waals surface area contributed by atoms with Gasteiger partial charge in [-0.25, -0.2) is 0 Å². The summed E-state index contributed by atoms with van der Waals surface area (Å²) in [5.41, 5.74) is 2.77. The molecule has 0 radical (unpaired) electrons. The van der Waals surface area contributed by atoms with Gasteiger partial charge in [0.25, 0.3) is 5.91 Å². The Kier molecular flexibility index (Phi) is 6.18.